The lowest BCUT2D eigenvalue weighted by Crippen LogP contribution is -2.40. The number of rotatable bonds is 3. The lowest BCUT2D eigenvalue weighted by molar-refractivity contribution is 0.269. The van der Waals surface area contributed by atoms with E-state index in [4.69, 9.17) is 0 Å². The van der Waals surface area contributed by atoms with E-state index in [1.54, 1.807) is 6.92 Å². The van der Waals surface area contributed by atoms with E-state index in [1.165, 1.54) is 39.5 Å². The molecule has 4 rings (SSSR count). The van der Waals surface area contributed by atoms with Crippen LogP contribution in [0.2, 0.25) is 0 Å². The molecule has 1 aliphatic heterocycles. The van der Waals surface area contributed by atoms with Gasteiger partial charge in [0.15, 0.2) is 0 Å². The summed E-state index contributed by atoms with van der Waals surface area (Å²) in [6.07, 6.45) is 2.22. The van der Waals surface area contributed by atoms with Crippen LogP contribution in [0.1, 0.15) is 24.4 Å². The number of aromatic nitrogens is 2. The molecule has 3 aromatic rings. The van der Waals surface area contributed by atoms with Crippen LogP contribution >= 0.6 is 0 Å². The van der Waals surface area contributed by atoms with Gasteiger partial charge in [-0.05, 0) is 55.7 Å². The first-order valence-corrected chi connectivity index (χ1v) is 10.6. The predicted molar refractivity (Wildman–Crippen MR) is 104 cm³/mol. The summed E-state index contributed by atoms with van der Waals surface area (Å²) in [4.78, 5) is 16.9. The number of hydrogen-bond acceptors (Lipinski definition) is 4. The van der Waals surface area contributed by atoms with Gasteiger partial charge in [-0.3, -0.25) is 9.36 Å². The monoisotopic (exact) mass is 419 g/mol. The Morgan fingerprint density at radius 2 is 1.79 bits per heavy atom. The highest BCUT2D eigenvalue weighted by atomic mass is 32.2. The fourth-order valence-electron chi connectivity index (χ4n) is 3.61. The Bertz CT molecular complexity index is 1250. The third kappa shape index (κ3) is 3.56. The van der Waals surface area contributed by atoms with E-state index < -0.39 is 21.7 Å². The number of benzene rings is 2. The van der Waals surface area contributed by atoms with E-state index in [2.05, 4.69) is 4.98 Å². The molecular formula is C20H19F2N3O3S. The minimum Gasteiger partial charge on any atom is -0.296 e. The summed E-state index contributed by atoms with van der Waals surface area (Å²) in [6, 6.07) is 7.47. The van der Waals surface area contributed by atoms with Crippen LogP contribution in [0, 0.1) is 18.6 Å². The summed E-state index contributed by atoms with van der Waals surface area (Å²) < 4.78 is 55.7. The lowest BCUT2D eigenvalue weighted by atomic mass is 10.1. The number of piperidine rings is 1. The van der Waals surface area contributed by atoms with Crippen molar-refractivity contribution < 1.29 is 17.2 Å². The molecule has 1 fully saturated rings. The molecule has 9 heteroatoms. The van der Waals surface area contributed by atoms with Gasteiger partial charge in [-0.2, -0.15) is 4.31 Å². The lowest BCUT2D eigenvalue weighted by Gasteiger charge is -2.32. The summed E-state index contributed by atoms with van der Waals surface area (Å²) >= 11 is 0. The van der Waals surface area contributed by atoms with E-state index in [0.29, 0.717) is 23.9 Å². The van der Waals surface area contributed by atoms with Crippen LogP contribution in [0.3, 0.4) is 0 Å². The van der Waals surface area contributed by atoms with Gasteiger partial charge in [-0.15, -0.1) is 0 Å². The van der Waals surface area contributed by atoms with Gasteiger partial charge < -0.3 is 0 Å². The molecule has 0 bridgehead atoms. The molecule has 0 N–H and O–H groups in total. The number of halogens is 2. The maximum Gasteiger partial charge on any atom is 0.261 e. The topological polar surface area (TPSA) is 72.3 Å². The number of aryl methyl sites for hydroxylation is 1. The molecule has 2 heterocycles. The Morgan fingerprint density at radius 1 is 1.07 bits per heavy atom. The molecule has 0 atom stereocenters. The van der Waals surface area contributed by atoms with E-state index in [9.17, 15) is 22.0 Å². The normalized spacial score (nSPS) is 16.4. The Labute approximate surface area is 166 Å². The van der Waals surface area contributed by atoms with Gasteiger partial charge in [0.05, 0.1) is 22.1 Å². The Morgan fingerprint density at radius 3 is 2.48 bits per heavy atom. The van der Waals surface area contributed by atoms with Crippen LogP contribution in [-0.4, -0.2) is 35.4 Å². The van der Waals surface area contributed by atoms with Gasteiger partial charge in [0, 0.05) is 19.1 Å². The molecule has 0 radical (unpaired) electrons. The highest BCUT2D eigenvalue weighted by Gasteiger charge is 2.31. The highest BCUT2D eigenvalue weighted by molar-refractivity contribution is 7.89. The Balaban J connectivity index is 1.56. The Kier molecular flexibility index (Phi) is 4.95. The second kappa shape index (κ2) is 7.31. The molecule has 152 valence electrons. The summed E-state index contributed by atoms with van der Waals surface area (Å²) in [7, 11) is -3.82. The van der Waals surface area contributed by atoms with Crippen LogP contribution in [0.15, 0.2) is 52.4 Å². The largest absolute Gasteiger partial charge is 0.296 e. The average molecular weight is 419 g/mol. The van der Waals surface area contributed by atoms with E-state index in [1.807, 2.05) is 0 Å². The first kappa shape index (κ1) is 19.7. The fraction of sp³-hybridized carbons (Fsp3) is 0.300. The first-order valence-electron chi connectivity index (χ1n) is 9.20. The number of hydrogen-bond donors (Lipinski definition) is 0. The number of nitrogens with zero attached hydrogens (tertiary/aromatic N) is 3. The molecule has 29 heavy (non-hydrogen) atoms. The standard InChI is InChI=1S/C20H19F2N3O3S/c1-13-2-4-16(11-18(13)22)29(27,28)24-8-6-15(7-9-24)25-12-23-19-5-3-14(21)10-17(19)20(25)26/h2-5,10-12,15H,6-9H2,1H3. The van der Waals surface area contributed by atoms with Crippen LogP contribution in [-0.2, 0) is 10.0 Å². The highest BCUT2D eigenvalue weighted by Crippen LogP contribution is 2.27. The molecular weight excluding hydrogens is 400 g/mol. The van der Waals surface area contributed by atoms with Gasteiger partial charge in [0.2, 0.25) is 10.0 Å². The number of sulfonamides is 1. The second-order valence-corrected chi connectivity index (χ2v) is 9.10. The quantitative estimate of drug-likeness (QED) is 0.654. The smallest absolute Gasteiger partial charge is 0.261 e. The van der Waals surface area contributed by atoms with Gasteiger partial charge in [-0.1, -0.05) is 6.07 Å². The number of fused-ring (bicyclic) bond motifs is 1. The molecule has 2 aromatic carbocycles. The zero-order valence-corrected chi connectivity index (χ0v) is 16.5. The summed E-state index contributed by atoms with van der Waals surface area (Å²) in [5.74, 6) is -1.08. The van der Waals surface area contributed by atoms with Gasteiger partial charge >= 0.3 is 0 Å². The zero-order valence-electron chi connectivity index (χ0n) is 15.7. The SMILES string of the molecule is Cc1ccc(S(=O)(=O)N2CCC(n3cnc4ccc(F)cc4c3=O)CC2)cc1F. The molecule has 1 saturated heterocycles. The summed E-state index contributed by atoms with van der Waals surface area (Å²) in [5, 5.41) is 0.192. The summed E-state index contributed by atoms with van der Waals surface area (Å²) in [5.41, 5.74) is 0.438. The zero-order chi connectivity index (χ0) is 20.8. The van der Waals surface area contributed by atoms with Crippen LogP contribution in [0.5, 0.6) is 0 Å². The van der Waals surface area contributed by atoms with Gasteiger partial charge in [0.25, 0.3) is 5.56 Å². The van der Waals surface area contributed by atoms with Gasteiger partial charge in [0.1, 0.15) is 11.6 Å². The molecule has 0 unspecified atom stereocenters. The third-order valence-corrected chi connectivity index (χ3v) is 7.24. The molecule has 0 aliphatic carbocycles. The third-order valence-electron chi connectivity index (χ3n) is 5.34. The van der Waals surface area contributed by atoms with Crippen LogP contribution < -0.4 is 5.56 Å². The molecule has 1 aliphatic rings. The van der Waals surface area contributed by atoms with Gasteiger partial charge in [-0.25, -0.2) is 22.2 Å². The first-order chi connectivity index (χ1) is 13.8. The average Bonchev–Trinajstić information content (AvgIpc) is 2.71. The van der Waals surface area contributed by atoms with Crippen molar-refractivity contribution in [3.63, 3.8) is 0 Å². The molecule has 6 nitrogen and oxygen atoms in total. The second-order valence-electron chi connectivity index (χ2n) is 7.16. The predicted octanol–water partition coefficient (Wildman–Crippen LogP) is 3.01. The van der Waals surface area contributed by atoms with Crippen molar-refractivity contribution in [1.82, 2.24) is 13.9 Å². The maximum absolute atomic E-state index is 13.8. The molecule has 1 aromatic heterocycles. The van der Waals surface area contributed by atoms with E-state index in [-0.39, 0.29) is 35.0 Å². The summed E-state index contributed by atoms with van der Waals surface area (Å²) in [6.45, 7) is 1.95. The van der Waals surface area contributed by atoms with Crippen molar-refractivity contribution in [2.75, 3.05) is 13.1 Å². The minimum absolute atomic E-state index is 0.0842. The fourth-order valence-corrected chi connectivity index (χ4v) is 5.09. The van der Waals surface area contributed by atoms with Crippen molar-refractivity contribution in [2.24, 2.45) is 0 Å². The van der Waals surface area contributed by atoms with Crippen LogP contribution in [0.25, 0.3) is 10.9 Å². The van der Waals surface area contributed by atoms with E-state index >= 15 is 0 Å². The molecule has 0 amide bonds. The van der Waals surface area contributed by atoms with Crippen molar-refractivity contribution in [2.45, 2.75) is 30.7 Å². The Hall–Kier alpha value is -2.65. The maximum atomic E-state index is 13.8. The minimum atomic E-state index is -3.82. The van der Waals surface area contributed by atoms with Crippen LogP contribution in [0.4, 0.5) is 8.78 Å². The molecule has 0 saturated carbocycles. The molecule has 0 spiro atoms. The van der Waals surface area contributed by atoms with Crippen molar-refractivity contribution in [1.29, 1.82) is 0 Å². The van der Waals surface area contributed by atoms with Crippen molar-refractivity contribution in [3.8, 4) is 0 Å². The van der Waals surface area contributed by atoms with E-state index in [0.717, 1.165) is 12.1 Å². The van der Waals surface area contributed by atoms with Crippen molar-refractivity contribution >= 4 is 20.9 Å². The van der Waals surface area contributed by atoms with Crippen molar-refractivity contribution in [3.05, 3.63) is 70.3 Å².